The minimum absolute atomic E-state index is 0.0980. The van der Waals surface area contributed by atoms with Gasteiger partial charge >= 0.3 is 0 Å². The molecule has 1 saturated heterocycles. The van der Waals surface area contributed by atoms with Crippen LogP contribution in [-0.2, 0) is 9.59 Å². The maximum absolute atomic E-state index is 13.1. The number of piperidine rings is 1. The molecular formula is C30H28ClN5O4. The molecule has 0 radical (unpaired) electrons. The number of hydrogen-bond donors (Lipinski definition) is 2. The van der Waals surface area contributed by atoms with Gasteiger partial charge in [-0.15, -0.1) is 0 Å². The predicted molar refractivity (Wildman–Crippen MR) is 148 cm³/mol. The number of hydrogen-bond acceptors (Lipinski definition) is 6. The summed E-state index contributed by atoms with van der Waals surface area (Å²) in [5, 5.41) is 11.4. The minimum atomic E-state index is -0.963. The molecule has 10 heteroatoms. The summed E-state index contributed by atoms with van der Waals surface area (Å²) in [5.41, 5.74) is 4.64. The van der Waals surface area contributed by atoms with Gasteiger partial charge in [0.15, 0.2) is 0 Å². The number of fused-ring (bicyclic) bond motifs is 1. The van der Waals surface area contributed by atoms with Gasteiger partial charge in [-0.05, 0) is 62.3 Å². The van der Waals surface area contributed by atoms with Crippen molar-refractivity contribution in [3.05, 3.63) is 70.5 Å². The van der Waals surface area contributed by atoms with Crippen LogP contribution in [0.4, 0.5) is 5.69 Å². The van der Waals surface area contributed by atoms with Crippen molar-refractivity contribution in [3.63, 3.8) is 0 Å². The third-order valence-electron chi connectivity index (χ3n) is 8.51. The highest BCUT2D eigenvalue weighted by Crippen LogP contribution is 2.46. The summed E-state index contributed by atoms with van der Waals surface area (Å²) in [4.78, 5) is 50.8. The second kappa shape index (κ2) is 9.59. The van der Waals surface area contributed by atoms with E-state index >= 15 is 0 Å². The summed E-state index contributed by atoms with van der Waals surface area (Å²) in [6.07, 6.45) is 6.72. The zero-order valence-electron chi connectivity index (χ0n) is 21.7. The molecule has 7 rings (SSSR count). The third kappa shape index (κ3) is 4.29. The van der Waals surface area contributed by atoms with Gasteiger partial charge in [0.25, 0.3) is 11.8 Å². The van der Waals surface area contributed by atoms with E-state index in [1.807, 2.05) is 18.2 Å². The Balaban J connectivity index is 0.993. The second-order valence-electron chi connectivity index (χ2n) is 11.2. The first kappa shape index (κ1) is 25.0. The molecular weight excluding hydrogens is 530 g/mol. The van der Waals surface area contributed by atoms with Crippen LogP contribution in [0, 0.1) is 5.92 Å². The van der Waals surface area contributed by atoms with Crippen molar-refractivity contribution < 1.29 is 19.2 Å². The van der Waals surface area contributed by atoms with Gasteiger partial charge in [0.2, 0.25) is 11.8 Å². The molecule has 40 heavy (non-hydrogen) atoms. The maximum Gasteiger partial charge on any atom is 0.262 e. The molecule has 0 spiro atoms. The topological polar surface area (TPSA) is 113 Å². The molecule has 1 atom stereocenters. The summed E-state index contributed by atoms with van der Waals surface area (Å²) >= 11 is 6.51. The van der Waals surface area contributed by atoms with Crippen molar-refractivity contribution in [2.24, 2.45) is 5.92 Å². The zero-order valence-corrected chi connectivity index (χ0v) is 22.5. The number of imide groups is 2. The zero-order chi connectivity index (χ0) is 27.5. The number of carbonyl (C=O) groups is 4. The Kier molecular flexibility index (Phi) is 6.00. The number of aromatic nitrogens is 2. The van der Waals surface area contributed by atoms with E-state index in [4.69, 9.17) is 16.7 Å². The number of amides is 4. The van der Waals surface area contributed by atoms with E-state index in [-0.39, 0.29) is 29.9 Å². The molecule has 4 aliphatic rings. The van der Waals surface area contributed by atoms with Crippen molar-refractivity contribution in [3.8, 4) is 11.1 Å². The summed E-state index contributed by atoms with van der Waals surface area (Å²) in [6, 6.07) is 12.4. The van der Waals surface area contributed by atoms with Crippen LogP contribution in [0.2, 0.25) is 5.02 Å². The molecule has 2 saturated carbocycles. The van der Waals surface area contributed by atoms with Crippen LogP contribution in [0.25, 0.3) is 11.1 Å². The molecule has 2 aliphatic heterocycles. The fourth-order valence-corrected chi connectivity index (χ4v) is 6.30. The predicted octanol–water partition coefficient (Wildman–Crippen LogP) is 4.55. The van der Waals surface area contributed by atoms with Crippen molar-refractivity contribution in [2.75, 3.05) is 11.9 Å². The number of benzene rings is 2. The lowest BCUT2D eigenvalue weighted by Gasteiger charge is -2.35. The highest BCUT2D eigenvalue weighted by atomic mass is 35.5. The molecule has 4 amide bonds. The number of nitrogens with one attached hydrogen (secondary N) is 2. The van der Waals surface area contributed by atoms with E-state index in [1.54, 1.807) is 18.2 Å². The molecule has 0 bridgehead atoms. The number of anilines is 1. The fourth-order valence-electron chi connectivity index (χ4n) is 6.06. The van der Waals surface area contributed by atoms with Gasteiger partial charge in [-0.3, -0.25) is 34.1 Å². The monoisotopic (exact) mass is 557 g/mol. The van der Waals surface area contributed by atoms with Crippen LogP contribution >= 0.6 is 11.6 Å². The highest BCUT2D eigenvalue weighted by Gasteiger charge is 2.44. The Morgan fingerprint density at radius 3 is 2.45 bits per heavy atom. The van der Waals surface area contributed by atoms with E-state index in [9.17, 15) is 19.2 Å². The average Bonchev–Trinajstić information content (AvgIpc) is 3.63. The first-order valence-electron chi connectivity index (χ1n) is 13.8. The van der Waals surface area contributed by atoms with E-state index in [0.29, 0.717) is 17.9 Å². The Morgan fingerprint density at radius 2 is 1.70 bits per heavy atom. The van der Waals surface area contributed by atoms with E-state index in [2.05, 4.69) is 27.6 Å². The van der Waals surface area contributed by atoms with Gasteiger partial charge in [0, 0.05) is 46.9 Å². The lowest BCUT2D eigenvalue weighted by atomic mass is 9.80. The van der Waals surface area contributed by atoms with Crippen LogP contribution in [-0.4, -0.2) is 50.9 Å². The van der Waals surface area contributed by atoms with E-state index in [1.165, 1.54) is 12.8 Å². The number of rotatable bonds is 7. The van der Waals surface area contributed by atoms with Gasteiger partial charge in [-0.1, -0.05) is 29.8 Å². The number of carbonyl (C=O) groups excluding carboxylic acids is 4. The van der Waals surface area contributed by atoms with Crippen LogP contribution < -0.4 is 10.6 Å². The smallest absolute Gasteiger partial charge is 0.262 e. The van der Waals surface area contributed by atoms with Gasteiger partial charge < -0.3 is 5.32 Å². The second-order valence-corrected chi connectivity index (χ2v) is 11.6. The van der Waals surface area contributed by atoms with Crippen molar-refractivity contribution >= 4 is 40.9 Å². The molecule has 9 nitrogen and oxygen atoms in total. The third-order valence-corrected chi connectivity index (χ3v) is 8.84. The summed E-state index contributed by atoms with van der Waals surface area (Å²) in [5.74, 6) is -1.02. The molecule has 3 heterocycles. The molecule has 3 fully saturated rings. The molecule has 3 aromatic rings. The van der Waals surface area contributed by atoms with Gasteiger partial charge in [0.05, 0.1) is 22.9 Å². The normalized spacial score (nSPS) is 24.1. The van der Waals surface area contributed by atoms with Gasteiger partial charge in [-0.2, -0.15) is 5.10 Å². The van der Waals surface area contributed by atoms with E-state index in [0.717, 1.165) is 51.8 Å². The SMILES string of the molecule is O=C1CCC(N2C(=O)c3ccc(NCC4CC(n5cc(-c6ccccc6Cl)c(C6CC6)n5)C4)cc3C2=O)C(=O)N1. The molecule has 204 valence electrons. The molecule has 1 unspecified atom stereocenters. The summed E-state index contributed by atoms with van der Waals surface area (Å²) < 4.78 is 2.12. The Labute approximate surface area is 235 Å². The Morgan fingerprint density at radius 1 is 0.925 bits per heavy atom. The fraction of sp³-hybridized carbons (Fsp3) is 0.367. The molecule has 2 aliphatic carbocycles. The summed E-state index contributed by atoms with van der Waals surface area (Å²) in [6.45, 7) is 0.738. The maximum atomic E-state index is 13.1. The first-order valence-corrected chi connectivity index (χ1v) is 14.2. The van der Waals surface area contributed by atoms with Crippen LogP contribution in [0.3, 0.4) is 0 Å². The van der Waals surface area contributed by atoms with Crippen LogP contribution in [0.5, 0.6) is 0 Å². The van der Waals surface area contributed by atoms with Crippen LogP contribution in [0.15, 0.2) is 48.7 Å². The lowest BCUT2D eigenvalue weighted by Crippen LogP contribution is -2.54. The molecule has 2 aromatic carbocycles. The summed E-state index contributed by atoms with van der Waals surface area (Å²) in [7, 11) is 0. The standard InChI is InChI=1S/C30H28ClN5O4/c31-24-4-2-1-3-20(24)23-15-35(34-27(23)17-5-6-17)19-11-16(12-19)14-32-18-7-8-21-22(13-18)30(40)36(29(21)39)25-9-10-26(37)33-28(25)38/h1-4,7-8,13,15-17,19,25,32H,5-6,9-12,14H2,(H,33,37,38). The largest absolute Gasteiger partial charge is 0.385 e. The highest BCUT2D eigenvalue weighted by molar-refractivity contribution is 6.33. The first-order chi connectivity index (χ1) is 19.4. The lowest BCUT2D eigenvalue weighted by molar-refractivity contribution is -0.136. The molecule has 1 aromatic heterocycles. The Bertz CT molecular complexity index is 1570. The average molecular weight is 558 g/mol. The van der Waals surface area contributed by atoms with Crippen molar-refractivity contribution in [1.82, 2.24) is 20.0 Å². The quantitative estimate of drug-likeness (QED) is 0.412. The minimum Gasteiger partial charge on any atom is -0.385 e. The molecule has 2 N–H and O–H groups in total. The van der Waals surface area contributed by atoms with Crippen molar-refractivity contribution in [2.45, 2.75) is 56.5 Å². The van der Waals surface area contributed by atoms with E-state index < -0.39 is 23.8 Å². The van der Waals surface area contributed by atoms with Crippen molar-refractivity contribution in [1.29, 1.82) is 0 Å². The number of halogens is 1. The van der Waals surface area contributed by atoms with Gasteiger partial charge in [-0.25, -0.2) is 0 Å². The van der Waals surface area contributed by atoms with Crippen LogP contribution in [0.1, 0.15) is 76.9 Å². The number of nitrogens with zero attached hydrogens (tertiary/aromatic N) is 3. The Hall–Kier alpha value is -3.98. The van der Waals surface area contributed by atoms with Gasteiger partial charge in [0.1, 0.15) is 6.04 Å².